The molecule has 4 aliphatic rings. The summed E-state index contributed by atoms with van der Waals surface area (Å²) in [5.41, 5.74) is 2.11. The first-order chi connectivity index (χ1) is 18.4. The molecule has 1 aromatic carbocycles. The van der Waals surface area contributed by atoms with E-state index in [0.29, 0.717) is 28.7 Å². The molecule has 0 aromatic heterocycles. The molecule has 1 aromatic rings. The van der Waals surface area contributed by atoms with Crippen molar-refractivity contribution in [1.29, 1.82) is 0 Å². The highest BCUT2D eigenvalue weighted by Crippen LogP contribution is 2.53. The summed E-state index contributed by atoms with van der Waals surface area (Å²) in [6.45, 7) is 7.17. The van der Waals surface area contributed by atoms with Gasteiger partial charge in [0.2, 0.25) is 17.6 Å². The van der Waals surface area contributed by atoms with Gasteiger partial charge in [0.15, 0.2) is 23.1 Å². The van der Waals surface area contributed by atoms with Crippen molar-refractivity contribution in [3.63, 3.8) is 0 Å². The molecule has 1 saturated heterocycles. The molecule has 1 heterocycles. The summed E-state index contributed by atoms with van der Waals surface area (Å²) in [5.74, 6) is -2.43. The molecule has 1 N–H and O–H groups in total. The fourth-order valence-corrected chi connectivity index (χ4v) is 6.52. The second-order valence-electron chi connectivity index (χ2n) is 11.6. The fourth-order valence-electron chi connectivity index (χ4n) is 6.52. The monoisotopic (exact) mass is 531 g/mol. The second-order valence-corrected chi connectivity index (χ2v) is 11.6. The van der Waals surface area contributed by atoms with Gasteiger partial charge in [-0.25, -0.2) is 0 Å². The molecule has 0 radical (unpaired) electrons. The fraction of sp³-hybridized carbons (Fsp3) is 0.419. The van der Waals surface area contributed by atoms with E-state index >= 15 is 0 Å². The molecule has 204 valence electrons. The van der Waals surface area contributed by atoms with E-state index in [2.05, 4.69) is 0 Å². The SMILES string of the molecule is COc1cc(C=C[C@H]2C3=CC[C@@H]4C(=O)N(C(C)(C)C)C(=O)[C@@H]4[C@@H]3CC3=C2C(=O)C(C)=CC3=O)cc(OC)c1O. The second kappa shape index (κ2) is 9.36. The molecule has 0 spiro atoms. The van der Waals surface area contributed by atoms with Crippen molar-refractivity contribution < 1.29 is 33.8 Å². The third kappa shape index (κ3) is 4.13. The zero-order chi connectivity index (χ0) is 28.4. The highest BCUT2D eigenvalue weighted by Gasteiger charge is 2.57. The zero-order valence-electron chi connectivity index (χ0n) is 23.0. The van der Waals surface area contributed by atoms with E-state index in [0.717, 1.165) is 5.57 Å². The molecule has 3 aliphatic carbocycles. The lowest BCUT2D eigenvalue weighted by molar-refractivity contribution is -0.145. The molecule has 1 aliphatic heterocycles. The van der Waals surface area contributed by atoms with Gasteiger partial charge >= 0.3 is 0 Å². The standard InChI is InChI=1S/C31H33NO7/c1-15-11-22(33)21-14-20-17(9-10-19-26(20)30(37)32(29(19)36)31(2,3)4)18(25(21)27(15)34)8-7-16-12-23(38-5)28(35)24(13-16)39-6/h7-9,11-13,18-20,26,35H,10,14H2,1-6H3/t18-,19-,20+,26-/m0/s1. The number of phenolic OH excluding ortho intramolecular Hbond substituents is 1. The van der Waals surface area contributed by atoms with Crippen molar-refractivity contribution in [2.24, 2.45) is 23.7 Å². The number of amides is 2. The number of phenols is 1. The Labute approximate surface area is 227 Å². The molecule has 5 rings (SSSR count). The number of imide groups is 1. The minimum absolute atomic E-state index is 0.123. The number of likely N-dealkylation sites (tertiary alicyclic amines) is 1. The van der Waals surface area contributed by atoms with Crippen molar-refractivity contribution in [3.8, 4) is 17.2 Å². The number of hydrogen-bond acceptors (Lipinski definition) is 7. The molecule has 8 heteroatoms. The third-order valence-electron chi connectivity index (χ3n) is 8.27. The summed E-state index contributed by atoms with van der Waals surface area (Å²) in [6.07, 6.45) is 7.66. The molecular formula is C31H33NO7. The quantitative estimate of drug-likeness (QED) is 0.353. The van der Waals surface area contributed by atoms with Gasteiger partial charge in [-0.3, -0.25) is 24.1 Å². The van der Waals surface area contributed by atoms with Crippen LogP contribution in [-0.2, 0) is 19.2 Å². The van der Waals surface area contributed by atoms with Gasteiger partial charge in [0.25, 0.3) is 0 Å². The number of hydrogen-bond donors (Lipinski definition) is 1. The number of carbonyl (C=O) groups is 4. The summed E-state index contributed by atoms with van der Waals surface area (Å²) in [5, 5.41) is 10.3. The zero-order valence-corrected chi connectivity index (χ0v) is 23.0. The van der Waals surface area contributed by atoms with E-state index in [1.807, 2.05) is 32.9 Å². The first-order valence-electron chi connectivity index (χ1n) is 13.1. The summed E-state index contributed by atoms with van der Waals surface area (Å²) >= 11 is 0. The first-order valence-corrected chi connectivity index (χ1v) is 13.1. The van der Waals surface area contributed by atoms with Crippen molar-refractivity contribution in [1.82, 2.24) is 4.90 Å². The van der Waals surface area contributed by atoms with Crippen LogP contribution in [0.25, 0.3) is 6.08 Å². The van der Waals surface area contributed by atoms with Crippen LogP contribution in [0, 0.1) is 23.7 Å². The smallest absolute Gasteiger partial charge is 0.234 e. The van der Waals surface area contributed by atoms with Crippen molar-refractivity contribution >= 4 is 29.5 Å². The van der Waals surface area contributed by atoms with Crippen LogP contribution < -0.4 is 9.47 Å². The molecule has 0 saturated carbocycles. The van der Waals surface area contributed by atoms with Crippen LogP contribution in [0.15, 0.2) is 52.7 Å². The maximum atomic E-state index is 13.7. The average Bonchev–Trinajstić information content (AvgIpc) is 3.15. The third-order valence-corrected chi connectivity index (χ3v) is 8.27. The lowest BCUT2D eigenvalue weighted by Crippen LogP contribution is -2.46. The molecule has 2 amide bonds. The number of ketones is 2. The van der Waals surface area contributed by atoms with E-state index in [9.17, 15) is 24.3 Å². The van der Waals surface area contributed by atoms with Gasteiger partial charge in [-0.1, -0.05) is 23.8 Å². The van der Waals surface area contributed by atoms with Gasteiger partial charge in [-0.15, -0.1) is 0 Å². The molecule has 8 nitrogen and oxygen atoms in total. The van der Waals surface area contributed by atoms with Crippen LogP contribution in [0.5, 0.6) is 17.2 Å². The van der Waals surface area contributed by atoms with Gasteiger partial charge in [0, 0.05) is 28.2 Å². The predicted molar refractivity (Wildman–Crippen MR) is 144 cm³/mol. The van der Waals surface area contributed by atoms with E-state index in [1.54, 1.807) is 25.1 Å². The Morgan fingerprint density at radius 2 is 1.64 bits per heavy atom. The Hall–Kier alpha value is -3.94. The number of carbonyl (C=O) groups excluding carboxylic acids is 4. The van der Waals surface area contributed by atoms with E-state index in [-0.39, 0.29) is 53.0 Å². The summed E-state index contributed by atoms with van der Waals surface area (Å²) in [6, 6.07) is 3.29. The number of rotatable bonds is 4. The van der Waals surface area contributed by atoms with E-state index in [1.165, 1.54) is 25.2 Å². The number of nitrogens with zero attached hydrogens (tertiary/aromatic N) is 1. The van der Waals surface area contributed by atoms with Gasteiger partial charge < -0.3 is 14.6 Å². The number of ether oxygens (including phenoxy) is 2. The molecule has 0 bridgehead atoms. The normalized spacial score (nSPS) is 26.9. The summed E-state index contributed by atoms with van der Waals surface area (Å²) in [7, 11) is 2.88. The molecule has 4 atom stereocenters. The Morgan fingerprint density at radius 1 is 1.00 bits per heavy atom. The Morgan fingerprint density at radius 3 is 2.23 bits per heavy atom. The molecule has 1 fully saturated rings. The Bertz CT molecular complexity index is 1410. The van der Waals surface area contributed by atoms with Crippen LogP contribution in [-0.4, -0.2) is 53.1 Å². The van der Waals surface area contributed by atoms with Crippen LogP contribution in [0.3, 0.4) is 0 Å². The lowest BCUT2D eigenvalue weighted by atomic mass is 9.60. The van der Waals surface area contributed by atoms with Crippen LogP contribution in [0.4, 0.5) is 0 Å². The van der Waals surface area contributed by atoms with Crippen molar-refractivity contribution in [2.75, 3.05) is 14.2 Å². The number of methoxy groups -OCH3 is 2. The molecule has 0 unspecified atom stereocenters. The average molecular weight is 532 g/mol. The first kappa shape index (κ1) is 26.7. The maximum Gasteiger partial charge on any atom is 0.234 e. The van der Waals surface area contributed by atoms with Crippen molar-refractivity contribution in [3.05, 3.63) is 58.2 Å². The highest BCUT2D eigenvalue weighted by molar-refractivity contribution is 6.23. The lowest BCUT2D eigenvalue weighted by Gasteiger charge is -2.41. The summed E-state index contributed by atoms with van der Waals surface area (Å²) in [4.78, 5) is 55.0. The van der Waals surface area contributed by atoms with Gasteiger partial charge in [-0.2, -0.15) is 0 Å². The van der Waals surface area contributed by atoms with Crippen LogP contribution in [0.1, 0.15) is 46.1 Å². The maximum absolute atomic E-state index is 13.7. The molecule has 39 heavy (non-hydrogen) atoms. The molecular weight excluding hydrogens is 498 g/mol. The topological polar surface area (TPSA) is 110 Å². The van der Waals surface area contributed by atoms with Gasteiger partial charge in [0.1, 0.15) is 0 Å². The minimum atomic E-state index is -0.655. The highest BCUT2D eigenvalue weighted by atomic mass is 16.5. The Balaban J connectivity index is 1.62. The largest absolute Gasteiger partial charge is 0.502 e. The Kier molecular flexibility index (Phi) is 6.40. The summed E-state index contributed by atoms with van der Waals surface area (Å²) < 4.78 is 10.6. The van der Waals surface area contributed by atoms with E-state index < -0.39 is 23.3 Å². The number of benzene rings is 1. The van der Waals surface area contributed by atoms with Crippen molar-refractivity contribution in [2.45, 2.75) is 46.1 Å². The van der Waals surface area contributed by atoms with Gasteiger partial charge in [-0.05, 0) is 70.2 Å². The van der Waals surface area contributed by atoms with Crippen LogP contribution >= 0.6 is 0 Å². The number of Topliss-reactive ketones (excluding diaryl/α,β-unsaturated/α-hetero) is 1. The number of allylic oxidation sites excluding steroid dienone is 7. The van der Waals surface area contributed by atoms with E-state index in [4.69, 9.17) is 9.47 Å². The minimum Gasteiger partial charge on any atom is -0.502 e. The van der Waals surface area contributed by atoms with Gasteiger partial charge in [0.05, 0.1) is 26.1 Å². The number of fused-ring (bicyclic) bond motifs is 3. The predicted octanol–water partition coefficient (Wildman–Crippen LogP) is 4.18. The van der Waals surface area contributed by atoms with Crippen LogP contribution in [0.2, 0.25) is 0 Å². The number of aromatic hydroxyl groups is 1.